The van der Waals surface area contributed by atoms with Crippen LogP contribution in [-0.2, 0) is 0 Å². The zero-order chi connectivity index (χ0) is 8.53. The molecule has 0 bridgehead atoms. The first kappa shape index (κ1) is 11.6. The fourth-order valence-corrected chi connectivity index (χ4v) is 3.65. The summed E-state index contributed by atoms with van der Waals surface area (Å²) in [5.41, 5.74) is 5.00. The van der Waals surface area contributed by atoms with Crippen LogP contribution in [0.3, 0.4) is 0 Å². The van der Waals surface area contributed by atoms with Crippen LogP contribution in [0.2, 0.25) is 15.9 Å². The monoisotopic (exact) mass is 212 g/mol. The molecule has 0 N–H and O–H groups in total. The van der Waals surface area contributed by atoms with Crippen LogP contribution in [-0.4, -0.2) is 16.2 Å². The Hall–Kier alpha value is 0.636. The van der Waals surface area contributed by atoms with E-state index in [4.69, 9.17) is 0 Å². The predicted molar refractivity (Wildman–Crippen MR) is 55.7 cm³/mol. The molecule has 0 amide bonds. The van der Waals surface area contributed by atoms with Crippen molar-refractivity contribution < 1.29 is 0 Å². The maximum atomic E-state index is 2.50. The average molecular weight is 213 g/mol. The van der Waals surface area contributed by atoms with E-state index in [9.17, 15) is 0 Å². The Bertz CT molecular complexity index is 69.3. The van der Waals surface area contributed by atoms with Gasteiger partial charge in [0.05, 0.1) is 0 Å². The third-order valence-electron chi connectivity index (χ3n) is 2.14. The van der Waals surface area contributed by atoms with Crippen LogP contribution < -0.4 is 0 Å². The molecule has 0 aliphatic rings. The zero-order valence-electron chi connectivity index (χ0n) is 8.53. The summed E-state index contributed by atoms with van der Waals surface area (Å²) in [6.45, 7) is 2.28. The number of hydrogen-bond acceptors (Lipinski definition) is 0. The van der Waals surface area contributed by atoms with Gasteiger partial charge in [-0.25, -0.2) is 0 Å². The van der Waals surface area contributed by atoms with Crippen molar-refractivity contribution in [1.29, 1.82) is 0 Å². The number of hydrogen-bond donors (Lipinski definition) is 0. The molecule has 0 nitrogen and oxygen atoms in total. The molecular weight excluding hydrogens is 190 g/mol. The third-order valence-corrected chi connectivity index (χ3v) is 5.41. The Morgan fingerprint density at radius 1 is 0.818 bits per heavy atom. The van der Waals surface area contributed by atoms with Gasteiger partial charge in [0, 0.05) is 0 Å². The van der Waals surface area contributed by atoms with Crippen molar-refractivity contribution in [3.05, 3.63) is 0 Å². The molecule has 0 rings (SSSR count). The summed E-state index contributed by atoms with van der Waals surface area (Å²) in [7, 11) is 0. The Morgan fingerprint density at radius 2 is 1.36 bits per heavy atom. The van der Waals surface area contributed by atoms with Crippen LogP contribution in [0.15, 0.2) is 0 Å². The van der Waals surface area contributed by atoms with Crippen LogP contribution in [0.1, 0.15) is 45.4 Å². The Balaban J connectivity index is 2.80. The van der Waals surface area contributed by atoms with Crippen LogP contribution in [0.25, 0.3) is 0 Å². The quantitative estimate of drug-likeness (QED) is 0.441. The van der Waals surface area contributed by atoms with E-state index >= 15 is 0 Å². The van der Waals surface area contributed by atoms with Crippen molar-refractivity contribution >= 4 is 16.2 Å². The summed E-state index contributed by atoms with van der Waals surface area (Å²) in [5.74, 6) is 0. The first-order valence-electron chi connectivity index (χ1n) is 5.27. The van der Waals surface area contributed by atoms with E-state index in [1.54, 1.807) is 4.98 Å². The van der Waals surface area contributed by atoms with Crippen LogP contribution >= 0.6 is 0 Å². The molecule has 66 valence electrons. The fraction of sp³-hybridized carbons (Fsp3) is 1.00. The minimum atomic E-state index is -0.626. The molecule has 0 aromatic rings. The van der Waals surface area contributed by atoms with Crippen molar-refractivity contribution in [3.8, 4) is 0 Å². The van der Waals surface area contributed by atoms with Crippen molar-refractivity contribution in [2.75, 3.05) is 0 Å². The van der Waals surface area contributed by atoms with E-state index < -0.39 is 16.2 Å². The first-order chi connectivity index (χ1) is 5.27. The van der Waals surface area contributed by atoms with Crippen molar-refractivity contribution in [3.63, 3.8) is 0 Å². The molecule has 0 aliphatic carbocycles. The van der Waals surface area contributed by atoms with Crippen LogP contribution in [0.5, 0.6) is 0 Å². The van der Waals surface area contributed by atoms with Gasteiger partial charge in [-0.2, -0.15) is 0 Å². The molecule has 0 radical (unpaired) electrons. The van der Waals surface area contributed by atoms with Gasteiger partial charge in [0.15, 0.2) is 0 Å². The van der Waals surface area contributed by atoms with Gasteiger partial charge in [-0.15, -0.1) is 0 Å². The van der Waals surface area contributed by atoms with E-state index in [-0.39, 0.29) is 0 Å². The van der Waals surface area contributed by atoms with Gasteiger partial charge in [0.25, 0.3) is 0 Å². The molecule has 0 fully saturated rings. The summed E-state index contributed by atoms with van der Waals surface area (Å²) in [4.78, 5) is 1.61. The molecular formula is C10H23Ga. The standard InChI is InChI=1S/C8H17.2CH3.Ga/c1-3-5-7-8-6-4-2;;;/h1,3-8H2,2H3;2*1H3;. The fourth-order valence-electron chi connectivity index (χ4n) is 1.33. The summed E-state index contributed by atoms with van der Waals surface area (Å²) >= 11 is -0.626. The molecule has 1 heteroatoms. The van der Waals surface area contributed by atoms with E-state index in [2.05, 4.69) is 17.9 Å². The summed E-state index contributed by atoms with van der Waals surface area (Å²) in [6.07, 6.45) is 8.82. The third kappa shape index (κ3) is 10.6. The van der Waals surface area contributed by atoms with Gasteiger partial charge in [0.2, 0.25) is 0 Å². The SMILES string of the molecule is CCCCCCC[CH2][Ga]([CH3])[CH3]. The van der Waals surface area contributed by atoms with Gasteiger partial charge < -0.3 is 0 Å². The van der Waals surface area contributed by atoms with Crippen molar-refractivity contribution in [2.45, 2.75) is 61.4 Å². The molecule has 0 aromatic carbocycles. The van der Waals surface area contributed by atoms with Gasteiger partial charge in [0.1, 0.15) is 0 Å². The molecule has 11 heavy (non-hydrogen) atoms. The summed E-state index contributed by atoms with van der Waals surface area (Å²) in [5, 5.41) is 0. The molecule has 0 aliphatic heterocycles. The normalized spacial score (nSPS) is 10.1. The van der Waals surface area contributed by atoms with E-state index in [1.165, 1.54) is 38.5 Å². The Kier molecular flexibility index (Phi) is 9.24. The van der Waals surface area contributed by atoms with Crippen LogP contribution in [0.4, 0.5) is 0 Å². The molecule has 0 saturated heterocycles. The topological polar surface area (TPSA) is 0 Å². The van der Waals surface area contributed by atoms with E-state index in [0.29, 0.717) is 0 Å². The van der Waals surface area contributed by atoms with Crippen molar-refractivity contribution in [2.24, 2.45) is 0 Å². The Labute approximate surface area is 77.8 Å². The van der Waals surface area contributed by atoms with Crippen molar-refractivity contribution in [1.82, 2.24) is 0 Å². The first-order valence-corrected chi connectivity index (χ1v) is 11.8. The number of unbranched alkanes of at least 4 members (excludes halogenated alkanes) is 5. The zero-order valence-corrected chi connectivity index (χ0v) is 10.9. The number of rotatable bonds is 7. The molecule has 0 saturated carbocycles. The summed E-state index contributed by atoms with van der Waals surface area (Å²) in [6, 6.07) is 0. The van der Waals surface area contributed by atoms with Crippen LogP contribution in [0, 0.1) is 0 Å². The molecule has 0 spiro atoms. The second-order valence-electron chi connectivity index (χ2n) is 3.95. The predicted octanol–water partition coefficient (Wildman–Crippen LogP) is 4.10. The molecule has 0 atom stereocenters. The van der Waals surface area contributed by atoms with E-state index in [0.717, 1.165) is 0 Å². The summed E-state index contributed by atoms with van der Waals surface area (Å²) < 4.78 is 0. The maximum absolute atomic E-state index is 2.50. The molecule has 0 heterocycles. The molecule has 0 unspecified atom stereocenters. The van der Waals surface area contributed by atoms with Gasteiger partial charge in [-0.05, 0) is 0 Å². The average Bonchev–Trinajstić information content (AvgIpc) is 1.96. The van der Waals surface area contributed by atoms with Gasteiger partial charge in [-0.3, -0.25) is 0 Å². The second-order valence-corrected chi connectivity index (χ2v) is 11.0. The molecule has 0 aromatic heterocycles. The van der Waals surface area contributed by atoms with E-state index in [1.807, 2.05) is 0 Å². The minimum absolute atomic E-state index is 0.626. The second kappa shape index (κ2) is 8.73. The van der Waals surface area contributed by atoms with Gasteiger partial charge >= 0.3 is 77.6 Å². The van der Waals surface area contributed by atoms with Gasteiger partial charge in [-0.1, -0.05) is 0 Å². The Morgan fingerprint density at radius 3 is 1.91 bits per heavy atom.